The highest BCUT2D eigenvalue weighted by molar-refractivity contribution is 6.30. The van der Waals surface area contributed by atoms with Gasteiger partial charge in [0.25, 0.3) is 0 Å². The van der Waals surface area contributed by atoms with Gasteiger partial charge in [-0.25, -0.2) is 0 Å². The number of aromatic nitrogens is 1. The zero-order valence-corrected chi connectivity index (χ0v) is 8.87. The van der Waals surface area contributed by atoms with Crippen LogP contribution in [0.2, 0.25) is 5.02 Å². The van der Waals surface area contributed by atoms with Crippen LogP contribution >= 0.6 is 11.6 Å². The Labute approximate surface area is 92.8 Å². The minimum Gasteiger partial charge on any atom is -0.361 e. The first-order valence-corrected chi connectivity index (χ1v) is 5.09. The first kappa shape index (κ1) is 10.2. The molecule has 0 spiro atoms. The van der Waals surface area contributed by atoms with Crippen molar-refractivity contribution in [1.29, 1.82) is 0 Å². The van der Waals surface area contributed by atoms with Gasteiger partial charge in [-0.15, -0.1) is 0 Å². The molecule has 15 heavy (non-hydrogen) atoms. The van der Waals surface area contributed by atoms with E-state index in [2.05, 4.69) is 5.16 Å². The molecule has 78 valence electrons. The molecule has 0 aliphatic heterocycles. The van der Waals surface area contributed by atoms with E-state index in [-0.39, 0.29) is 0 Å². The molecule has 0 amide bonds. The minimum absolute atomic E-state index is 0.565. The third-order valence-corrected chi connectivity index (χ3v) is 2.34. The molecule has 0 aliphatic rings. The lowest BCUT2D eigenvalue weighted by Gasteiger charge is -1.94. The van der Waals surface area contributed by atoms with Crippen molar-refractivity contribution in [2.45, 2.75) is 6.42 Å². The maximum Gasteiger partial charge on any atom is 0.138 e. The van der Waals surface area contributed by atoms with Crippen molar-refractivity contribution < 1.29 is 4.52 Å². The van der Waals surface area contributed by atoms with Gasteiger partial charge >= 0.3 is 0 Å². The van der Waals surface area contributed by atoms with E-state index in [1.54, 1.807) is 0 Å². The van der Waals surface area contributed by atoms with Gasteiger partial charge in [0.05, 0.1) is 0 Å². The van der Waals surface area contributed by atoms with Crippen LogP contribution in [-0.2, 0) is 6.42 Å². The monoisotopic (exact) mass is 222 g/mol. The van der Waals surface area contributed by atoms with Gasteiger partial charge in [-0.05, 0) is 18.7 Å². The van der Waals surface area contributed by atoms with Crippen LogP contribution in [0, 0.1) is 0 Å². The Balaban J connectivity index is 2.25. The zero-order valence-electron chi connectivity index (χ0n) is 8.11. The first-order valence-electron chi connectivity index (χ1n) is 4.71. The number of benzene rings is 1. The molecular weight excluding hydrogens is 212 g/mol. The van der Waals surface area contributed by atoms with E-state index in [0.717, 1.165) is 17.0 Å². The molecule has 0 radical (unpaired) electrons. The highest BCUT2D eigenvalue weighted by Crippen LogP contribution is 2.21. The summed E-state index contributed by atoms with van der Waals surface area (Å²) >= 11 is 5.79. The van der Waals surface area contributed by atoms with Crippen molar-refractivity contribution >= 4 is 11.6 Å². The summed E-state index contributed by atoms with van der Waals surface area (Å²) < 4.78 is 5.13. The van der Waals surface area contributed by atoms with Crippen molar-refractivity contribution in [3.63, 3.8) is 0 Å². The number of hydrogen-bond donors (Lipinski definition) is 1. The fourth-order valence-corrected chi connectivity index (χ4v) is 1.46. The fourth-order valence-electron chi connectivity index (χ4n) is 1.33. The average molecular weight is 223 g/mol. The van der Waals surface area contributed by atoms with Gasteiger partial charge in [-0.2, -0.15) is 0 Å². The molecule has 1 aromatic carbocycles. The lowest BCUT2D eigenvalue weighted by molar-refractivity contribution is 0.386. The second kappa shape index (κ2) is 4.47. The van der Waals surface area contributed by atoms with Crippen molar-refractivity contribution in [1.82, 2.24) is 5.16 Å². The summed E-state index contributed by atoms with van der Waals surface area (Å²) in [6, 6.07) is 9.37. The maximum absolute atomic E-state index is 5.79. The van der Waals surface area contributed by atoms with Crippen molar-refractivity contribution in [3.05, 3.63) is 41.1 Å². The number of nitrogens with zero attached hydrogens (tertiary/aromatic N) is 1. The second-order valence-corrected chi connectivity index (χ2v) is 3.66. The smallest absolute Gasteiger partial charge is 0.138 e. The topological polar surface area (TPSA) is 52.0 Å². The lowest BCUT2D eigenvalue weighted by Crippen LogP contribution is -2.01. The van der Waals surface area contributed by atoms with Gasteiger partial charge in [-0.1, -0.05) is 28.9 Å². The Bertz CT molecular complexity index is 436. The third kappa shape index (κ3) is 2.37. The normalized spacial score (nSPS) is 10.5. The minimum atomic E-state index is 0.565. The summed E-state index contributed by atoms with van der Waals surface area (Å²) in [6.07, 6.45) is 0.709. The van der Waals surface area contributed by atoms with Crippen LogP contribution in [0.25, 0.3) is 11.3 Å². The van der Waals surface area contributed by atoms with Gasteiger partial charge in [0.1, 0.15) is 11.5 Å². The quantitative estimate of drug-likeness (QED) is 0.868. The van der Waals surface area contributed by atoms with E-state index in [4.69, 9.17) is 21.9 Å². The molecule has 0 aliphatic carbocycles. The molecule has 1 heterocycles. The third-order valence-electron chi connectivity index (χ3n) is 2.09. The van der Waals surface area contributed by atoms with E-state index < -0.39 is 0 Å². The van der Waals surface area contributed by atoms with Gasteiger partial charge in [-0.3, -0.25) is 0 Å². The molecule has 2 N–H and O–H groups in total. The summed E-state index contributed by atoms with van der Waals surface area (Å²) in [4.78, 5) is 0. The van der Waals surface area contributed by atoms with Gasteiger partial charge in [0, 0.05) is 23.1 Å². The zero-order chi connectivity index (χ0) is 10.7. The van der Waals surface area contributed by atoms with E-state index in [1.807, 2.05) is 30.3 Å². The van der Waals surface area contributed by atoms with Gasteiger partial charge in [0.2, 0.25) is 0 Å². The number of hydrogen-bond acceptors (Lipinski definition) is 3. The molecule has 1 aromatic heterocycles. The highest BCUT2D eigenvalue weighted by atomic mass is 35.5. The molecule has 0 unspecified atom stereocenters. The molecule has 0 saturated carbocycles. The Morgan fingerprint density at radius 1 is 1.27 bits per heavy atom. The van der Waals surface area contributed by atoms with Gasteiger partial charge in [0.15, 0.2) is 0 Å². The van der Waals surface area contributed by atoms with Crippen LogP contribution in [0.4, 0.5) is 0 Å². The molecule has 2 aromatic rings. The van der Waals surface area contributed by atoms with Crippen LogP contribution in [0.5, 0.6) is 0 Å². The van der Waals surface area contributed by atoms with E-state index in [1.165, 1.54) is 0 Å². The van der Waals surface area contributed by atoms with Crippen molar-refractivity contribution in [3.8, 4) is 11.3 Å². The number of halogens is 1. The highest BCUT2D eigenvalue weighted by Gasteiger charge is 2.05. The molecule has 0 atom stereocenters. The van der Waals surface area contributed by atoms with E-state index >= 15 is 0 Å². The lowest BCUT2D eigenvalue weighted by atomic mass is 10.1. The number of rotatable bonds is 3. The van der Waals surface area contributed by atoms with Crippen LogP contribution in [0.3, 0.4) is 0 Å². The SMILES string of the molecule is NCCc1cc(-c2ccc(Cl)cc2)no1. The summed E-state index contributed by atoms with van der Waals surface area (Å²) in [7, 11) is 0. The van der Waals surface area contributed by atoms with Crippen LogP contribution in [0.15, 0.2) is 34.9 Å². The molecule has 2 rings (SSSR count). The average Bonchev–Trinajstić information content (AvgIpc) is 2.68. The predicted octanol–water partition coefficient (Wildman–Crippen LogP) is 2.50. The largest absolute Gasteiger partial charge is 0.361 e. The van der Waals surface area contributed by atoms with Crippen LogP contribution in [-0.4, -0.2) is 11.7 Å². The molecule has 4 heteroatoms. The number of nitrogens with two attached hydrogens (primary N) is 1. The van der Waals surface area contributed by atoms with Gasteiger partial charge < -0.3 is 10.3 Å². The predicted molar refractivity (Wildman–Crippen MR) is 59.7 cm³/mol. The van der Waals surface area contributed by atoms with E-state index in [9.17, 15) is 0 Å². The Morgan fingerprint density at radius 3 is 2.67 bits per heavy atom. The molecule has 0 fully saturated rings. The van der Waals surface area contributed by atoms with Crippen molar-refractivity contribution in [2.75, 3.05) is 6.54 Å². The maximum atomic E-state index is 5.79. The van der Waals surface area contributed by atoms with Crippen molar-refractivity contribution in [2.24, 2.45) is 5.73 Å². The molecule has 0 saturated heterocycles. The Hall–Kier alpha value is -1.32. The molecular formula is C11H11ClN2O. The Morgan fingerprint density at radius 2 is 2.00 bits per heavy atom. The molecule has 3 nitrogen and oxygen atoms in total. The standard InChI is InChI=1S/C11H11ClN2O/c12-9-3-1-8(2-4-9)11-7-10(5-6-13)15-14-11/h1-4,7H,5-6,13H2. The van der Waals surface area contributed by atoms with Crippen LogP contribution < -0.4 is 5.73 Å². The first-order chi connectivity index (χ1) is 7.29. The Kier molecular flexibility index (Phi) is 3.04. The molecule has 0 bridgehead atoms. The summed E-state index contributed by atoms with van der Waals surface area (Å²) in [6.45, 7) is 0.565. The summed E-state index contributed by atoms with van der Waals surface area (Å²) in [5.41, 5.74) is 7.23. The second-order valence-electron chi connectivity index (χ2n) is 3.22. The summed E-state index contributed by atoms with van der Waals surface area (Å²) in [5.74, 6) is 0.808. The van der Waals surface area contributed by atoms with Crippen LogP contribution in [0.1, 0.15) is 5.76 Å². The summed E-state index contributed by atoms with van der Waals surface area (Å²) in [5, 5.41) is 4.67. The van der Waals surface area contributed by atoms with E-state index in [0.29, 0.717) is 18.0 Å². The fraction of sp³-hybridized carbons (Fsp3) is 0.182.